The van der Waals surface area contributed by atoms with Gasteiger partial charge in [-0.1, -0.05) is 13.0 Å². The zero-order valence-corrected chi connectivity index (χ0v) is 13.3. The number of aryl methyl sites for hydroxylation is 1. The van der Waals surface area contributed by atoms with Gasteiger partial charge in [0.2, 0.25) is 0 Å². The van der Waals surface area contributed by atoms with E-state index in [2.05, 4.69) is 4.98 Å². The standard InChI is InChI=1S/C17H21NO4/c1-5-17(16(20)21)8-13(11(3)15(17)22-12(4)19)14-7-6-10(2)9-18-14/h6-7,9,15H,5,8H2,1-4H3,(H,20,21). The van der Waals surface area contributed by atoms with Gasteiger partial charge in [0.1, 0.15) is 11.5 Å². The van der Waals surface area contributed by atoms with E-state index >= 15 is 0 Å². The van der Waals surface area contributed by atoms with E-state index in [1.165, 1.54) is 6.92 Å². The topological polar surface area (TPSA) is 76.5 Å². The van der Waals surface area contributed by atoms with Gasteiger partial charge in [-0.3, -0.25) is 14.6 Å². The van der Waals surface area contributed by atoms with Crippen LogP contribution in [0.1, 0.15) is 44.9 Å². The molecule has 0 fully saturated rings. The summed E-state index contributed by atoms with van der Waals surface area (Å²) >= 11 is 0. The summed E-state index contributed by atoms with van der Waals surface area (Å²) in [6.07, 6.45) is 1.71. The van der Waals surface area contributed by atoms with Crippen molar-refractivity contribution in [3.8, 4) is 0 Å². The Morgan fingerprint density at radius 1 is 1.41 bits per heavy atom. The molecule has 0 saturated heterocycles. The highest BCUT2D eigenvalue weighted by Crippen LogP contribution is 2.49. The van der Waals surface area contributed by atoms with Gasteiger partial charge in [-0.05, 0) is 49.5 Å². The van der Waals surface area contributed by atoms with Crippen LogP contribution in [0, 0.1) is 12.3 Å². The first-order valence-corrected chi connectivity index (χ1v) is 7.35. The molecule has 0 bridgehead atoms. The van der Waals surface area contributed by atoms with E-state index in [0.29, 0.717) is 12.8 Å². The van der Waals surface area contributed by atoms with Crippen molar-refractivity contribution in [1.29, 1.82) is 0 Å². The predicted molar refractivity (Wildman–Crippen MR) is 82.1 cm³/mol. The molecule has 1 aromatic heterocycles. The molecule has 22 heavy (non-hydrogen) atoms. The number of nitrogens with zero attached hydrogens (tertiary/aromatic N) is 1. The number of carboxylic acid groups (broad SMARTS) is 1. The van der Waals surface area contributed by atoms with Crippen LogP contribution in [-0.4, -0.2) is 28.1 Å². The zero-order chi connectivity index (χ0) is 16.5. The molecule has 0 spiro atoms. The van der Waals surface area contributed by atoms with Gasteiger partial charge in [0, 0.05) is 13.1 Å². The van der Waals surface area contributed by atoms with Crippen LogP contribution < -0.4 is 0 Å². The normalized spacial score (nSPS) is 24.5. The number of carboxylic acids is 1. The summed E-state index contributed by atoms with van der Waals surface area (Å²) in [6.45, 7) is 6.88. The molecule has 0 amide bonds. The fourth-order valence-corrected chi connectivity index (χ4v) is 3.08. The molecule has 0 aromatic carbocycles. The van der Waals surface area contributed by atoms with E-state index in [1.807, 2.05) is 32.9 Å². The third kappa shape index (κ3) is 2.63. The third-order valence-electron chi connectivity index (χ3n) is 4.42. The molecule has 2 unspecified atom stereocenters. The summed E-state index contributed by atoms with van der Waals surface area (Å²) in [6, 6.07) is 3.82. The summed E-state index contributed by atoms with van der Waals surface area (Å²) in [5, 5.41) is 9.74. The van der Waals surface area contributed by atoms with Crippen LogP contribution >= 0.6 is 0 Å². The van der Waals surface area contributed by atoms with E-state index in [4.69, 9.17) is 4.74 Å². The molecule has 1 N–H and O–H groups in total. The molecule has 5 nitrogen and oxygen atoms in total. The average molecular weight is 303 g/mol. The Bertz CT molecular complexity index is 633. The average Bonchev–Trinajstić information content (AvgIpc) is 2.74. The lowest BCUT2D eigenvalue weighted by Gasteiger charge is -2.30. The number of pyridine rings is 1. The highest BCUT2D eigenvalue weighted by Gasteiger charge is 2.53. The molecule has 1 aliphatic rings. The second-order valence-electron chi connectivity index (χ2n) is 5.86. The lowest BCUT2D eigenvalue weighted by atomic mass is 9.78. The third-order valence-corrected chi connectivity index (χ3v) is 4.42. The summed E-state index contributed by atoms with van der Waals surface area (Å²) in [5.74, 6) is -1.41. The van der Waals surface area contributed by atoms with Crippen molar-refractivity contribution in [2.45, 2.75) is 46.6 Å². The number of rotatable bonds is 4. The van der Waals surface area contributed by atoms with Gasteiger partial charge in [0.15, 0.2) is 0 Å². The predicted octanol–water partition coefficient (Wildman–Crippen LogP) is 2.98. The lowest BCUT2D eigenvalue weighted by molar-refractivity contribution is -0.163. The maximum absolute atomic E-state index is 11.9. The second kappa shape index (κ2) is 5.91. The van der Waals surface area contributed by atoms with Crippen LogP contribution in [0.3, 0.4) is 0 Å². The van der Waals surface area contributed by atoms with Gasteiger partial charge in [-0.2, -0.15) is 0 Å². The molecule has 2 atom stereocenters. The lowest BCUT2D eigenvalue weighted by Crippen LogP contribution is -2.41. The SMILES string of the molecule is CCC1(C(=O)O)CC(c2ccc(C)cn2)=C(C)C1OC(C)=O. The number of hydrogen-bond acceptors (Lipinski definition) is 4. The van der Waals surface area contributed by atoms with Crippen molar-refractivity contribution >= 4 is 17.5 Å². The van der Waals surface area contributed by atoms with Crippen molar-refractivity contribution in [2.24, 2.45) is 5.41 Å². The van der Waals surface area contributed by atoms with E-state index in [-0.39, 0.29) is 0 Å². The van der Waals surface area contributed by atoms with Crippen molar-refractivity contribution in [3.05, 3.63) is 35.2 Å². The molecule has 1 heterocycles. The number of carbonyl (C=O) groups is 2. The van der Waals surface area contributed by atoms with Crippen LogP contribution in [0.4, 0.5) is 0 Å². The maximum atomic E-state index is 11.9. The van der Waals surface area contributed by atoms with Crippen molar-refractivity contribution in [1.82, 2.24) is 4.98 Å². The number of hydrogen-bond donors (Lipinski definition) is 1. The number of aliphatic carboxylic acids is 1. The minimum atomic E-state index is -1.11. The molecule has 0 saturated carbocycles. The first-order valence-electron chi connectivity index (χ1n) is 7.35. The minimum absolute atomic E-state index is 0.318. The Morgan fingerprint density at radius 2 is 2.09 bits per heavy atom. The van der Waals surface area contributed by atoms with Gasteiger partial charge in [-0.15, -0.1) is 0 Å². The Kier molecular flexibility index (Phi) is 4.35. The molecular weight excluding hydrogens is 282 g/mol. The van der Waals surface area contributed by atoms with E-state index in [1.54, 1.807) is 6.20 Å². The summed E-state index contributed by atoms with van der Waals surface area (Å²) in [4.78, 5) is 27.7. The van der Waals surface area contributed by atoms with E-state index < -0.39 is 23.5 Å². The number of ether oxygens (including phenoxy) is 1. The fourth-order valence-electron chi connectivity index (χ4n) is 3.08. The van der Waals surface area contributed by atoms with Crippen LogP contribution in [0.2, 0.25) is 0 Å². The largest absolute Gasteiger partial charge is 0.481 e. The molecule has 1 aliphatic carbocycles. The second-order valence-corrected chi connectivity index (χ2v) is 5.86. The Hall–Kier alpha value is -2.17. The quantitative estimate of drug-likeness (QED) is 0.865. The Labute approximate surface area is 130 Å². The Morgan fingerprint density at radius 3 is 2.55 bits per heavy atom. The first kappa shape index (κ1) is 16.2. The zero-order valence-electron chi connectivity index (χ0n) is 13.3. The maximum Gasteiger partial charge on any atom is 0.314 e. The minimum Gasteiger partial charge on any atom is -0.481 e. The van der Waals surface area contributed by atoms with Crippen molar-refractivity contribution in [3.63, 3.8) is 0 Å². The number of esters is 1. The summed E-state index contributed by atoms with van der Waals surface area (Å²) < 4.78 is 5.36. The molecule has 1 aromatic rings. The fraction of sp³-hybridized carbons (Fsp3) is 0.471. The van der Waals surface area contributed by atoms with Gasteiger partial charge in [-0.25, -0.2) is 0 Å². The smallest absolute Gasteiger partial charge is 0.314 e. The molecule has 0 radical (unpaired) electrons. The van der Waals surface area contributed by atoms with Crippen LogP contribution in [0.5, 0.6) is 0 Å². The summed E-state index contributed by atoms with van der Waals surface area (Å²) in [7, 11) is 0. The first-order chi connectivity index (χ1) is 10.3. The van der Waals surface area contributed by atoms with E-state index in [0.717, 1.165) is 22.4 Å². The number of allylic oxidation sites excluding steroid dienone is 1. The monoisotopic (exact) mass is 303 g/mol. The molecule has 0 aliphatic heterocycles. The van der Waals surface area contributed by atoms with Crippen LogP contribution in [-0.2, 0) is 14.3 Å². The highest BCUT2D eigenvalue weighted by atomic mass is 16.5. The van der Waals surface area contributed by atoms with Crippen LogP contribution in [0.25, 0.3) is 5.57 Å². The van der Waals surface area contributed by atoms with Crippen molar-refractivity contribution in [2.75, 3.05) is 0 Å². The molecule has 118 valence electrons. The van der Waals surface area contributed by atoms with E-state index in [9.17, 15) is 14.7 Å². The number of carbonyl (C=O) groups excluding carboxylic acids is 1. The molecular formula is C17H21NO4. The van der Waals surface area contributed by atoms with Gasteiger partial charge in [0.25, 0.3) is 0 Å². The van der Waals surface area contributed by atoms with Crippen LogP contribution in [0.15, 0.2) is 23.9 Å². The number of aromatic nitrogens is 1. The highest BCUT2D eigenvalue weighted by molar-refractivity contribution is 5.85. The Balaban J connectivity index is 2.51. The van der Waals surface area contributed by atoms with Gasteiger partial charge < -0.3 is 9.84 Å². The van der Waals surface area contributed by atoms with Gasteiger partial charge >= 0.3 is 11.9 Å². The van der Waals surface area contributed by atoms with Crippen molar-refractivity contribution < 1.29 is 19.4 Å². The molecule has 2 rings (SSSR count). The molecule has 5 heteroatoms. The summed E-state index contributed by atoms with van der Waals surface area (Å²) in [5.41, 5.74) is 2.30. The van der Waals surface area contributed by atoms with Gasteiger partial charge in [0.05, 0.1) is 5.69 Å².